The molecule has 8 heteroatoms. The number of fused-ring (bicyclic) bond motifs is 3. The van der Waals surface area contributed by atoms with Crippen molar-refractivity contribution in [3.63, 3.8) is 0 Å². The van der Waals surface area contributed by atoms with E-state index in [4.69, 9.17) is 9.47 Å². The van der Waals surface area contributed by atoms with E-state index < -0.39 is 10.9 Å². The summed E-state index contributed by atoms with van der Waals surface area (Å²) in [5.74, 6) is 0.114. The first-order chi connectivity index (χ1) is 14.0. The molecule has 0 saturated carbocycles. The summed E-state index contributed by atoms with van der Waals surface area (Å²) in [4.78, 5) is 30.9. The monoisotopic (exact) mass is 391 g/mol. The van der Waals surface area contributed by atoms with E-state index in [0.29, 0.717) is 22.5 Å². The van der Waals surface area contributed by atoms with Gasteiger partial charge in [0.1, 0.15) is 11.4 Å². The molecule has 0 spiro atoms. The van der Waals surface area contributed by atoms with Gasteiger partial charge in [-0.3, -0.25) is 10.1 Å². The predicted molar refractivity (Wildman–Crippen MR) is 108 cm³/mol. The van der Waals surface area contributed by atoms with Gasteiger partial charge in [0.25, 0.3) is 5.69 Å². The zero-order valence-corrected chi connectivity index (χ0v) is 15.8. The molecule has 0 fully saturated rings. The smallest absolute Gasteiger partial charge is 0.356 e. The molecule has 4 aromatic rings. The summed E-state index contributed by atoms with van der Waals surface area (Å²) in [6, 6.07) is 13.4. The lowest BCUT2D eigenvalue weighted by atomic mass is 10.1. The Hall–Kier alpha value is -3.94. The van der Waals surface area contributed by atoms with Crippen LogP contribution in [0.15, 0.2) is 48.5 Å². The van der Waals surface area contributed by atoms with Crippen LogP contribution in [0.4, 0.5) is 5.69 Å². The molecule has 2 aromatic heterocycles. The molecule has 146 valence electrons. The van der Waals surface area contributed by atoms with E-state index >= 15 is 0 Å². The quantitative estimate of drug-likeness (QED) is 0.305. The van der Waals surface area contributed by atoms with Crippen molar-refractivity contribution in [3.8, 4) is 17.0 Å². The highest BCUT2D eigenvalue weighted by Crippen LogP contribution is 2.35. The number of nitrogens with zero attached hydrogens (tertiary/aromatic N) is 2. The fourth-order valence-corrected chi connectivity index (χ4v) is 3.29. The van der Waals surface area contributed by atoms with Crippen molar-refractivity contribution in [2.75, 3.05) is 13.7 Å². The van der Waals surface area contributed by atoms with Crippen LogP contribution >= 0.6 is 0 Å². The normalized spacial score (nSPS) is 11.0. The standard InChI is InChI=1S/C21H17N3O5/c1-3-29-21(25)18-11-16-15-10-14(28-2)7-8-17(15)22-20(16)19(23-18)12-5-4-6-13(9-12)24(26)27/h4-11,22H,3H2,1-2H3. The van der Waals surface area contributed by atoms with Crippen molar-refractivity contribution in [2.24, 2.45) is 0 Å². The maximum Gasteiger partial charge on any atom is 0.356 e. The molecular weight excluding hydrogens is 374 g/mol. The van der Waals surface area contributed by atoms with Gasteiger partial charge in [0.15, 0.2) is 0 Å². The van der Waals surface area contributed by atoms with Crippen LogP contribution in [0, 0.1) is 10.1 Å². The van der Waals surface area contributed by atoms with Crippen molar-refractivity contribution in [3.05, 3.63) is 64.3 Å². The van der Waals surface area contributed by atoms with Crippen molar-refractivity contribution in [1.82, 2.24) is 9.97 Å². The Bertz CT molecular complexity index is 1260. The molecule has 1 N–H and O–H groups in total. The van der Waals surface area contributed by atoms with Crippen molar-refractivity contribution in [2.45, 2.75) is 6.92 Å². The highest BCUT2D eigenvalue weighted by atomic mass is 16.6. The average Bonchev–Trinajstić information content (AvgIpc) is 3.11. The Morgan fingerprint density at radius 1 is 1.17 bits per heavy atom. The van der Waals surface area contributed by atoms with Gasteiger partial charge in [-0.1, -0.05) is 12.1 Å². The molecule has 0 aliphatic carbocycles. The minimum Gasteiger partial charge on any atom is -0.497 e. The molecule has 0 aliphatic heterocycles. The third-order valence-corrected chi connectivity index (χ3v) is 4.61. The maximum absolute atomic E-state index is 12.4. The van der Waals surface area contributed by atoms with Gasteiger partial charge in [0.2, 0.25) is 0 Å². The molecule has 4 rings (SSSR count). The molecule has 29 heavy (non-hydrogen) atoms. The number of ether oxygens (including phenoxy) is 2. The van der Waals surface area contributed by atoms with Crippen LogP contribution in [0.25, 0.3) is 33.1 Å². The Labute approximate surface area is 165 Å². The van der Waals surface area contributed by atoms with Crippen molar-refractivity contribution < 1.29 is 19.2 Å². The third-order valence-electron chi connectivity index (χ3n) is 4.61. The number of carbonyl (C=O) groups is 1. The number of carbonyl (C=O) groups excluding carboxylic acids is 1. The van der Waals surface area contributed by atoms with Crippen LogP contribution in [0.3, 0.4) is 0 Å². The number of nitrogens with one attached hydrogen (secondary N) is 1. The minimum atomic E-state index is -0.557. The lowest BCUT2D eigenvalue weighted by Crippen LogP contribution is -2.07. The average molecular weight is 391 g/mol. The van der Waals surface area contributed by atoms with Crippen molar-refractivity contribution >= 4 is 33.5 Å². The predicted octanol–water partition coefficient (Wildman–Crippen LogP) is 4.48. The number of aromatic nitrogens is 2. The Morgan fingerprint density at radius 3 is 2.72 bits per heavy atom. The lowest BCUT2D eigenvalue weighted by Gasteiger charge is -2.07. The van der Waals surface area contributed by atoms with Gasteiger partial charge in [-0.2, -0.15) is 0 Å². The number of pyridine rings is 1. The molecule has 2 aromatic carbocycles. The van der Waals surface area contributed by atoms with Crippen LogP contribution in [0.1, 0.15) is 17.4 Å². The first kappa shape index (κ1) is 18.4. The summed E-state index contributed by atoms with van der Waals surface area (Å²) in [5.41, 5.74) is 2.52. The zero-order valence-electron chi connectivity index (χ0n) is 15.8. The van der Waals surface area contributed by atoms with Crippen LogP contribution in [-0.4, -0.2) is 34.6 Å². The largest absolute Gasteiger partial charge is 0.497 e. The molecule has 0 amide bonds. The maximum atomic E-state index is 12.4. The van der Waals surface area contributed by atoms with Crippen LogP contribution in [0.5, 0.6) is 5.75 Å². The Morgan fingerprint density at radius 2 is 2.00 bits per heavy atom. The SMILES string of the molecule is CCOC(=O)c1cc2c([nH]c3ccc(OC)cc32)c(-c2cccc([N+](=O)[O-])c2)n1. The fraction of sp³-hybridized carbons (Fsp3) is 0.143. The van der Waals surface area contributed by atoms with Gasteiger partial charge >= 0.3 is 5.97 Å². The second-order valence-electron chi connectivity index (χ2n) is 6.34. The number of aromatic amines is 1. The number of H-pyrrole nitrogens is 1. The lowest BCUT2D eigenvalue weighted by molar-refractivity contribution is -0.384. The van der Waals surface area contributed by atoms with Crippen molar-refractivity contribution in [1.29, 1.82) is 0 Å². The number of non-ortho nitro benzene ring substituents is 1. The van der Waals surface area contributed by atoms with Gasteiger partial charge < -0.3 is 14.5 Å². The van der Waals surface area contributed by atoms with E-state index in [-0.39, 0.29) is 18.0 Å². The molecule has 0 unspecified atom stereocenters. The van der Waals surface area contributed by atoms with Gasteiger partial charge in [0.05, 0.1) is 29.9 Å². The molecule has 0 aliphatic rings. The topological polar surface area (TPSA) is 107 Å². The summed E-state index contributed by atoms with van der Waals surface area (Å²) in [5, 5.41) is 12.8. The summed E-state index contributed by atoms with van der Waals surface area (Å²) >= 11 is 0. The van der Waals surface area contributed by atoms with E-state index in [1.54, 1.807) is 32.2 Å². The van der Waals surface area contributed by atoms with E-state index in [1.807, 2.05) is 18.2 Å². The molecule has 0 radical (unpaired) electrons. The van der Waals surface area contributed by atoms with E-state index in [9.17, 15) is 14.9 Å². The van der Waals surface area contributed by atoms with E-state index in [1.165, 1.54) is 12.1 Å². The molecule has 0 bridgehead atoms. The second kappa shape index (κ2) is 7.23. The summed E-state index contributed by atoms with van der Waals surface area (Å²) in [7, 11) is 1.58. The van der Waals surface area contributed by atoms with E-state index in [2.05, 4.69) is 9.97 Å². The van der Waals surface area contributed by atoms with Crippen LogP contribution < -0.4 is 4.74 Å². The number of nitro benzene ring substituents is 1. The summed E-state index contributed by atoms with van der Waals surface area (Å²) in [6.45, 7) is 1.93. The number of nitro groups is 1. The Kier molecular flexibility index (Phi) is 4.59. The van der Waals surface area contributed by atoms with Gasteiger partial charge in [-0.15, -0.1) is 0 Å². The van der Waals surface area contributed by atoms with Gasteiger partial charge in [-0.05, 0) is 31.2 Å². The molecule has 2 heterocycles. The Balaban J connectivity index is 2.05. The third kappa shape index (κ3) is 3.25. The number of hydrogen-bond donors (Lipinski definition) is 1. The number of benzene rings is 2. The van der Waals surface area contributed by atoms with Gasteiger partial charge in [-0.25, -0.2) is 9.78 Å². The minimum absolute atomic E-state index is 0.0585. The summed E-state index contributed by atoms with van der Waals surface area (Å²) < 4.78 is 10.4. The van der Waals surface area contributed by atoms with E-state index in [0.717, 1.165) is 16.3 Å². The van der Waals surface area contributed by atoms with Crippen LogP contribution in [-0.2, 0) is 4.74 Å². The first-order valence-electron chi connectivity index (χ1n) is 8.94. The second-order valence-corrected chi connectivity index (χ2v) is 6.34. The number of hydrogen-bond acceptors (Lipinski definition) is 6. The highest BCUT2D eigenvalue weighted by Gasteiger charge is 2.19. The number of methoxy groups -OCH3 is 1. The first-order valence-corrected chi connectivity index (χ1v) is 8.94. The number of esters is 1. The molecule has 0 atom stereocenters. The number of rotatable bonds is 5. The molecular formula is C21H17N3O5. The highest BCUT2D eigenvalue weighted by molar-refractivity contribution is 6.13. The molecule has 8 nitrogen and oxygen atoms in total. The van der Waals surface area contributed by atoms with Gasteiger partial charge in [0, 0.05) is 34.0 Å². The molecule has 0 saturated heterocycles. The fourth-order valence-electron chi connectivity index (χ4n) is 3.29. The zero-order chi connectivity index (χ0) is 20.5. The summed E-state index contributed by atoms with van der Waals surface area (Å²) in [6.07, 6.45) is 0. The van der Waals surface area contributed by atoms with Crippen LogP contribution in [0.2, 0.25) is 0 Å².